The topological polar surface area (TPSA) is 167 Å². The Hall–Kier alpha value is -4.10. The van der Waals surface area contributed by atoms with Crippen LogP contribution in [0.5, 0.6) is 0 Å². The van der Waals surface area contributed by atoms with Gasteiger partial charge in [-0.15, -0.1) is 0 Å². The van der Waals surface area contributed by atoms with Crippen LogP contribution >= 0.6 is 0 Å². The van der Waals surface area contributed by atoms with Crippen molar-refractivity contribution in [3.05, 3.63) is 105 Å². The van der Waals surface area contributed by atoms with Gasteiger partial charge in [0.2, 0.25) is 0 Å². The summed E-state index contributed by atoms with van der Waals surface area (Å²) in [6.45, 7) is 3.40. The largest absolute Gasteiger partial charge is 0.357 e. The molecule has 0 saturated heterocycles. The summed E-state index contributed by atoms with van der Waals surface area (Å²) in [6.07, 6.45) is 2.16. The molecule has 40 heavy (non-hydrogen) atoms. The van der Waals surface area contributed by atoms with E-state index in [2.05, 4.69) is 10.6 Å². The number of hydrogen-bond acceptors (Lipinski definition) is 8. The molecule has 2 aliphatic rings. The van der Waals surface area contributed by atoms with Gasteiger partial charge in [-0.1, -0.05) is 35.9 Å². The van der Waals surface area contributed by atoms with Gasteiger partial charge in [0.1, 0.15) is 9.80 Å². The maximum absolute atomic E-state index is 13.8. The molecule has 4 N–H and O–H groups in total. The van der Waals surface area contributed by atoms with Crippen molar-refractivity contribution < 1.29 is 35.5 Å². The van der Waals surface area contributed by atoms with Crippen molar-refractivity contribution in [1.82, 2.24) is 0 Å². The lowest BCUT2D eigenvalue weighted by Crippen LogP contribution is -2.24. The SMILES string of the molecule is CC1=CC(S(=O)(=O)O)=C(Nc2cccc3c2C(=O)c2cccc(Nc4ccc(C)cc4S(=O)(=O)O)c2C3=O)CC1. The van der Waals surface area contributed by atoms with Crippen LogP contribution in [0, 0.1) is 6.92 Å². The molecule has 0 aromatic heterocycles. The van der Waals surface area contributed by atoms with Crippen LogP contribution in [0.1, 0.15) is 57.2 Å². The molecule has 0 saturated carbocycles. The fraction of sp³-hybridized carbons (Fsp3) is 0.143. The molecule has 12 heteroatoms. The molecule has 0 fully saturated rings. The second-order valence-corrected chi connectivity index (χ2v) is 12.4. The Morgan fingerprint density at radius 3 is 1.82 bits per heavy atom. The summed E-state index contributed by atoms with van der Waals surface area (Å²) < 4.78 is 67.5. The van der Waals surface area contributed by atoms with Gasteiger partial charge in [-0.05, 0) is 62.6 Å². The summed E-state index contributed by atoms with van der Waals surface area (Å²) in [4.78, 5) is 26.9. The van der Waals surface area contributed by atoms with Crippen molar-refractivity contribution in [3.8, 4) is 0 Å². The minimum atomic E-state index is -4.60. The zero-order valence-electron chi connectivity index (χ0n) is 21.3. The quantitative estimate of drug-likeness (QED) is 0.228. The van der Waals surface area contributed by atoms with Gasteiger partial charge in [0.25, 0.3) is 20.2 Å². The molecule has 0 radical (unpaired) electrons. The number of anilines is 3. The number of ketones is 2. The molecule has 0 heterocycles. The Balaban J connectivity index is 1.60. The predicted octanol–water partition coefficient (Wildman–Crippen LogP) is 5.01. The zero-order chi connectivity index (χ0) is 29.0. The van der Waals surface area contributed by atoms with Gasteiger partial charge >= 0.3 is 0 Å². The van der Waals surface area contributed by atoms with Crippen LogP contribution in [-0.2, 0) is 20.2 Å². The summed E-state index contributed by atoms with van der Waals surface area (Å²) in [6, 6.07) is 13.4. The molecule has 0 bridgehead atoms. The molecule has 0 atom stereocenters. The highest BCUT2D eigenvalue weighted by atomic mass is 32.2. The van der Waals surface area contributed by atoms with E-state index >= 15 is 0 Å². The van der Waals surface area contributed by atoms with Crippen LogP contribution in [0.4, 0.5) is 17.1 Å². The van der Waals surface area contributed by atoms with Gasteiger partial charge < -0.3 is 10.6 Å². The maximum atomic E-state index is 13.8. The van der Waals surface area contributed by atoms with E-state index in [0.29, 0.717) is 12.0 Å². The molecule has 5 rings (SSSR count). The predicted molar refractivity (Wildman–Crippen MR) is 149 cm³/mol. The minimum absolute atomic E-state index is 0.0214. The van der Waals surface area contributed by atoms with Gasteiger partial charge in [-0.25, -0.2) is 0 Å². The second-order valence-electron chi connectivity index (χ2n) is 9.65. The number of rotatable bonds is 6. The van der Waals surface area contributed by atoms with E-state index in [4.69, 9.17) is 0 Å². The first-order valence-corrected chi connectivity index (χ1v) is 15.0. The van der Waals surface area contributed by atoms with Gasteiger partial charge in [-0.3, -0.25) is 18.7 Å². The van der Waals surface area contributed by atoms with Crippen LogP contribution in [0.25, 0.3) is 0 Å². The first-order valence-electron chi connectivity index (χ1n) is 12.1. The van der Waals surface area contributed by atoms with Crippen molar-refractivity contribution >= 4 is 48.9 Å². The summed E-state index contributed by atoms with van der Waals surface area (Å²) in [7, 11) is -9.15. The average molecular weight is 581 g/mol. The Morgan fingerprint density at radius 1 is 0.700 bits per heavy atom. The van der Waals surface area contributed by atoms with Gasteiger partial charge in [0.15, 0.2) is 11.6 Å². The van der Waals surface area contributed by atoms with Crippen molar-refractivity contribution in [3.63, 3.8) is 0 Å². The molecule has 2 aliphatic carbocycles. The lowest BCUT2D eigenvalue weighted by molar-refractivity contribution is 0.0980. The number of allylic oxidation sites excluding steroid dienone is 3. The Labute approximate surface area is 230 Å². The second kappa shape index (κ2) is 9.82. The Morgan fingerprint density at radius 2 is 1.27 bits per heavy atom. The molecule has 0 amide bonds. The van der Waals surface area contributed by atoms with E-state index in [1.807, 2.05) is 0 Å². The highest BCUT2D eigenvalue weighted by Crippen LogP contribution is 2.38. The molecule has 206 valence electrons. The van der Waals surface area contributed by atoms with Crippen molar-refractivity contribution in [2.45, 2.75) is 31.6 Å². The molecule has 3 aromatic carbocycles. The number of nitrogens with one attached hydrogen (secondary N) is 2. The number of carbonyl (C=O) groups excluding carboxylic acids is 2. The Kier molecular flexibility index (Phi) is 6.74. The molecular weight excluding hydrogens is 556 g/mol. The summed E-state index contributed by atoms with van der Waals surface area (Å²) in [5.41, 5.74) is 2.12. The van der Waals surface area contributed by atoms with Crippen LogP contribution in [0.3, 0.4) is 0 Å². The minimum Gasteiger partial charge on any atom is -0.357 e. The molecule has 10 nitrogen and oxygen atoms in total. The lowest BCUT2D eigenvalue weighted by atomic mass is 9.82. The van der Waals surface area contributed by atoms with Crippen molar-refractivity contribution in [2.75, 3.05) is 10.6 Å². The summed E-state index contributed by atoms with van der Waals surface area (Å²) >= 11 is 0. The van der Waals surface area contributed by atoms with Crippen molar-refractivity contribution in [1.29, 1.82) is 0 Å². The summed E-state index contributed by atoms with van der Waals surface area (Å²) in [5.74, 6) is -1.02. The van der Waals surface area contributed by atoms with Crippen LogP contribution < -0.4 is 10.6 Å². The van der Waals surface area contributed by atoms with Crippen LogP contribution in [0.15, 0.2) is 81.7 Å². The van der Waals surface area contributed by atoms with Gasteiger partial charge in [0.05, 0.1) is 28.2 Å². The van der Waals surface area contributed by atoms with Gasteiger partial charge in [-0.2, -0.15) is 16.8 Å². The number of hydrogen-bond donors (Lipinski definition) is 4. The molecule has 3 aromatic rings. The molecule has 0 aliphatic heterocycles. The smallest absolute Gasteiger partial charge is 0.296 e. The van der Waals surface area contributed by atoms with E-state index in [1.54, 1.807) is 32.0 Å². The molecular formula is C28H24N2O8S2. The highest BCUT2D eigenvalue weighted by Gasteiger charge is 2.34. The maximum Gasteiger partial charge on any atom is 0.296 e. The highest BCUT2D eigenvalue weighted by molar-refractivity contribution is 7.90. The fourth-order valence-corrected chi connectivity index (χ4v) is 6.43. The number of carbonyl (C=O) groups is 2. The normalized spacial score (nSPS) is 15.3. The molecule has 0 spiro atoms. The van der Waals surface area contributed by atoms with E-state index in [-0.39, 0.29) is 61.2 Å². The summed E-state index contributed by atoms with van der Waals surface area (Å²) in [5, 5.41) is 5.85. The van der Waals surface area contributed by atoms with Crippen LogP contribution in [0.2, 0.25) is 0 Å². The molecule has 0 unspecified atom stereocenters. The number of aryl methyl sites for hydroxylation is 1. The third-order valence-electron chi connectivity index (χ3n) is 6.76. The fourth-order valence-electron chi connectivity index (χ4n) is 4.89. The number of benzene rings is 3. The number of fused-ring (bicyclic) bond motifs is 2. The van der Waals surface area contributed by atoms with E-state index in [9.17, 15) is 35.5 Å². The average Bonchev–Trinajstić information content (AvgIpc) is 2.88. The lowest BCUT2D eigenvalue weighted by Gasteiger charge is -2.25. The van der Waals surface area contributed by atoms with Crippen LogP contribution in [-0.4, -0.2) is 37.5 Å². The van der Waals surface area contributed by atoms with E-state index < -0.39 is 31.8 Å². The van der Waals surface area contributed by atoms with Gasteiger partial charge in [0, 0.05) is 16.8 Å². The monoisotopic (exact) mass is 580 g/mol. The van der Waals surface area contributed by atoms with E-state index in [1.165, 1.54) is 42.5 Å². The first kappa shape index (κ1) is 27.5. The third-order valence-corrected chi connectivity index (χ3v) is 8.58. The first-order chi connectivity index (χ1) is 18.8. The zero-order valence-corrected chi connectivity index (χ0v) is 23.0. The Bertz CT molecular complexity index is 1910. The standard InChI is InChI=1S/C28H24N2O8S2/c1-15-9-11-19(23(13-15)39(33,34)35)29-21-7-3-5-17-25(21)27(31)18-6-4-8-22(26(18)28(17)32)30-20-12-10-16(2)14-24(20)40(36,37)38/h3-9,11,13-14,29-30H,10,12H2,1-2H3,(H,33,34,35)(H,36,37,38). The van der Waals surface area contributed by atoms with Crippen molar-refractivity contribution in [2.24, 2.45) is 0 Å². The third kappa shape index (κ3) is 4.97. The van der Waals surface area contributed by atoms with E-state index in [0.717, 1.165) is 5.57 Å².